The molecule has 0 heterocycles. The van der Waals surface area contributed by atoms with E-state index in [2.05, 4.69) is 21.2 Å². The predicted octanol–water partition coefficient (Wildman–Crippen LogP) is 3.71. The van der Waals surface area contributed by atoms with Gasteiger partial charge in [-0.1, -0.05) is 33.6 Å². The van der Waals surface area contributed by atoms with Crippen molar-refractivity contribution in [3.63, 3.8) is 0 Å². The Bertz CT molecular complexity index is 629. The molecule has 1 amide bonds. The number of amides is 1. The molecule has 5 heteroatoms. The maximum absolute atomic E-state index is 13.6. The van der Waals surface area contributed by atoms with Crippen molar-refractivity contribution in [3.8, 4) is 5.75 Å². The summed E-state index contributed by atoms with van der Waals surface area (Å²) in [6.45, 7) is 2.63. The topological polar surface area (TPSA) is 38.3 Å². The number of hydrogen-bond donors (Lipinski definition) is 1. The summed E-state index contributed by atoms with van der Waals surface area (Å²) in [5, 5.41) is 2.62. The summed E-state index contributed by atoms with van der Waals surface area (Å²) in [5.74, 6) is -0.265. The van der Waals surface area contributed by atoms with Crippen molar-refractivity contribution in [2.24, 2.45) is 0 Å². The smallest absolute Gasteiger partial charge is 0.254 e. The Morgan fingerprint density at radius 3 is 2.62 bits per heavy atom. The summed E-state index contributed by atoms with van der Waals surface area (Å²) in [6, 6.07) is 12.0. The molecule has 0 radical (unpaired) electrons. The van der Waals surface area contributed by atoms with Crippen LogP contribution in [0.3, 0.4) is 0 Å². The molecule has 0 unspecified atom stereocenters. The van der Waals surface area contributed by atoms with Crippen LogP contribution in [0, 0.1) is 12.7 Å². The largest absolute Gasteiger partial charge is 0.492 e. The third-order valence-corrected chi connectivity index (χ3v) is 3.35. The van der Waals surface area contributed by atoms with E-state index in [4.69, 9.17) is 4.74 Å². The van der Waals surface area contributed by atoms with E-state index in [1.165, 1.54) is 12.1 Å². The highest BCUT2D eigenvalue weighted by atomic mass is 79.9. The summed E-state index contributed by atoms with van der Waals surface area (Å²) in [6.07, 6.45) is 0. The second-order valence-electron chi connectivity index (χ2n) is 4.54. The first-order chi connectivity index (χ1) is 10.1. The second-order valence-corrected chi connectivity index (χ2v) is 5.46. The molecule has 0 fully saturated rings. The number of ether oxygens (including phenoxy) is 1. The predicted molar refractivity (Wildman–Crippen MR) is 83.1 cm³/mol. The minimum absolute atomic E-state index is 0.0218. The lowest BCUT2D eigenvalue weighted by molar-refractivity contribution is 0.0943. The van der Waals surface area contributed by atoms with Crippen molar-refractivity contribution in [2.45, 2.75) is 6.92 Å². The van der Waals surface area contributed by atoms with Crippen LogP contribution in [0.4, 0.5) is 4.39 Å². The Balaban J connectivity index is 1.80. The van der Waals surface area contributed by atoms with Crippen LogP contribution >= 0.6 is 15.9 Å². The molecule has 0 aliphatic carbocycles. The highest BCUT2D eigenvalue weighted by Crippen LogP contribution is 2.15. The molecule has 3 nitrogen and oxygen atoms in total. The van der Waals surface area contributed by atoms with Gasteiger partial charge in [-0.2, -0.15) is 0 Å². The Labute approximate surface area is 131 Å². The number of hydrogen-bond acceptors (Lipinski definition) is 2. The van der Waals surface area contributed by atoms with Gasteiger partial charge in [-0.05, 0) is 37.3 Å². The van der Waals surface area contributed by atoms with Gasteiger partial charge in [0.2, 0.25) is 0 Å². The van der Waals surface area contributed by atoms with Crippen molar-refractivity contribution in [3.05, 3.63) is 63.9 Å². The maximum atomic E-state index is 13.6. The number of nitrogens with one attached hydrogen (secondary N) is 1. The van der Waals surface area contributed by atoms with Gasteiger partial charge in [0.05, 0.1) is 12.1 Å². The first-order valence-electron chi connectivity index (χ1n) is 6.49. The molecule has 0 spiro atoms. The van der Waals surface area contributed by atoms with Crippen molar-refractivity contribution >= 4 is 21.8 Å². The molecule has 2 aromatic rings. The average molecular weight is 352 g/mol. The van der Waals surface area contributed by atoms with Crippen molar-refractivity contribution < 1.29 is 13.9 Å². The molecule has 0 aromatic heterocycles. The Kier molecular flexibility index (Phi) is 5.33. The first kappa shape index (κ1) is 15.5. The fourth-order valence-electron chi connectivity index (χ4n) is 1.74. The molecule has 0 aliphatic heterocycles. The third kappa shape index (κ3) is 4.56. The fourth-order valence-corrected chi connectivity index (χ4v) is 2.07. The molecule has 0 atom stereocenters. The number of carbonyl (C=O) groups excluding carboxylic acids is 1. The fraction of sp³-hybridized carbons (Fsp3) is 0.188. The minimum atomic E-state index is -0.554. The summed E-state index contributed by atoms with van der Waals surface area (Å²) < 4.78 is 19.7. The first-order valence-corrected chi connectivity index (χ1v) is 7.28. The number of rotatable bonds is 5. The number of halogens is 2. The molecule has 0 bridgehead atoms. The molecule has 0 saturated heterocycles. The summed E-state index contributed by atoms with van der Waals surface area (Å²) in [5.41, 5.74) is 1.18. The summed E-state index contributed by atoms with van der Waals surface area (Å²) in [4.78, 5) is 11.8. The highest BCUT2D eigenvalue weighted by molar-refractivity contribution is 9.10. The van der Waals surface area contributed by atoms with Gasteiger partial charge in [0.15, 0.2) is 0 Å². The molecule has 0 saturated carbocycles. The third-order valence-electron chi connectivity index (χ3n) is 2.85. The lowest BCUT2D eigenvalue weighted by atomic mass is 10.2. The number of carbonyl (C=O) groups is 1. The average Bonchev–Trinajstić information content (AvgIpc) is 2.45. The molecule has 110 valence electrons. The van der Waals surface area contributed by atoms with Crippen LogP contribution in [-0.4, -0.2) is 19.1 Å². The normalized spacial score (nSPS) is 10.2. The zero-order valence-corrected chi connectivity index (χ0v) is 13.1. The van der Waals surface area contributed by atoms with E-state index in [9.17, 15) is 9.18 Å². The number of benzene rings is 2. The van der Waals surface area contributed by atoms with Crippen molar-refractivity contribution in [2.75, 3.05) is 13.2 Å². The maximum Gasteiger partial charge on any atom is 0.254 e. The van der Waals surface area contributed by atoms with Crippen LogP contribution < -0.4 is 10.1 Å². The van der Waals surface area contributed by atoms with Crippen LogP contribution in [0.2, 0.25) is 0 Å². The lowest BCUT2D eigenvalue weighted by Gasteiger charge is -2.08. The molecular formula is C16H15BrFNO2. The van der Waals surface area contributed by atoms with Gasteiger partial charge >= 0.3 is 0 Å². The van der Waals surface area contributed by atoms with Crippen LogP contribution in [0.25, 0.3) is 0 Å². The molecule has 0 aliphatic rings. The quantitative estimate of drug-likeness (QED) is 0.834. The van der Waals surface area contributed by atoms with Gasteiger partial charge in [-0.3, -0.25) is 4.79 Å². The van der Waals surface area contributed by atoms with Gasteiger partial charge in [0.1, 0.15) is 18.2 Å². The zero-order valence-electron chi connectivity index (χ0n) is 11.5. The Hall–Kier alpha value is -1.88. The van der Waals surface area contributed by atoms with Crippen LogP contribution in [-0.2, 0) is 0 Å². The number of aryl methyl sites for hydroxylation is 1. The Morgan fingerprint density at radius 2 is 1.95 bits per heavy atom. The van der Waals surface area contributed by atoms with Crippen LogP contribution in [0.15, 0.2) is 46.9 Å². The van der Waals surface area contributed by atoms with Gasteiger partial charge < -0.3 is 10.1 Å². The molecule has 2 aromatic carbocycles. The second kappa shape index (κ2) is 7.22. The summed E-state index contributed by atoms with van der Waals surface area (Å²) >= 11 is 3.15. The minimum Gasteiger partial charge on any atom is -0.492 e. The molecular weight excluding hydrogens is 337 g/mol. The van der Waals surface area contributed by atoms with E-state index >= 15 is 0 Å². The van der Waals surface area contributed by atoms with Gasteiger partial charge in [-0.25, -0.2) is 4.39 Å². The van der Waals surface area contributed by atoms with E-state index in [1.807, 2.05) is 31.2 Å². The van der Waals surface area contributed by atoms with Crippen LogP contribution in [0.1, 0.15) is 15.9 Å². The van der Waals surface area contributed by atoms with Gasteiger partial charge in [0, 0.05) is 4.47 Å². The van der Waals surface area contributed by atoms with Crippen LogP contribution in [0.5, 0.6) is 5.75 Å². The monoisotopic (exact) mass is 351 g/mol. The zero-order chi connectivity index (χ0) is 15.2. The van der Waals surface area contributed by atoms with Gasteiger partial charge in [0.25, 0.3) is 5.91 Å². The van der Waals surface area contributed by atoms with E-state index in [0.717, 1.165) is 11.3 Å². The molecule has 21 heavy (non-hydrogen) atoms. The highest BCUT2D eigenvalue weighted by Gasteiger charge is 2.11. The van der Waals surface area contributed by atoms with E-state index in [0.29, 0.717) is 17.6 Å². The van der Waals surface area contributed by atoms with Crippen molar-refractivity contribution in [1.82, 2.24) is 5.32 Å². The van der Waals surface area contributed by atoms with E-state index in [-0.39, 0.29) is 5.56 Å². The summed E-state index contributed by atoms with van der Waals surface area (Å²) in [7, 11) is 0. The lowest BCUT2D eigenvalue weighted by Crippen LogP contribution is -2.28. The SMILES string of the molecule is Cc1ccc(OCCNC(=O)c2ccc(Br)cc2F)cc1. The van der Waals surface area contributed by atoms with E-state index in [1.54, 1.807) is 6.07 Å². The Morgan fingerprint density at radius 1 is 1.24 bits per heavy atom. The standard InChI is InChI=1S/C16H15BrFNO2/c1-11-2-5-13(6-3-11)21-9-8-19-16(20)14-7-4-12(17)10-15(14)18/h2-7,10H,8-9H2,1H3,(H,19,20). The van der Waals surface area contributed by atoms with E-state index < -0.39 is 11.7 Å². The van der Waals surface area contributed by atoms with Gasteiger partial charge in [-0.15, -0.1) is 0 Å². The van der Waals surface area contributed by atoms with Crippen molar-refractivity contribution in [1.29, 1.82) is 0 Å². The molecule has 2 rings (SSSR count). The molecule has 1 N–H and O–H groups in total.